The summed E-state index contributed by atoms with van der Waals surface area (Å²) in [5.74, 6) is 0.793. The number of nitrogens with one attached hydrogen (secondary N) is 1. The average Bonchev–Trinajstić information content (AvgIpc) is 3.19. The predicted molar refractivity (Wildman–Crippen MR) is 104 cm³/mol. The van der Waals surface area contributed by atoms with Gasteiger partial charge in [0, 0.05) is 42.5 Å². The topological polar surface area (TPSA) is 59.8 Å². The second kappa shape index (κ2) is 9.20. The van der Waals surface area contributed by atoms with Gasteiger partial charge < -0.3 is 5.32 Å². The molecule has 3 aromatic rings. The molecule has 5 nitrogen and oxygen atoms in total. The predicted octanol–water partition coefficient (Wildman–Crippen LogP) is 3.78. The Morgan fingerprint density at radius 1 is 1.15 bits per heavy atom. The second-order valence-corrected chi connectivity index (χ2v) is 7.08. The van der Waals surface area contributed by atoms with Crippen molar-refractivity contribution in [3.8, 4) is 0 Å². The van der Waals surface area contributed by atoms with Crippen molar-refractivity contribution in [2.45, 2.75) is 36.7 Å². The Balaban J connectivity index is 1.47. The highest BCUT2D eigenvalue weighted by Gasteiger charge is 2.10. The van der Waals surface area contributed by atoms with E-state index < -0.39 is 0 Å². The van der Waals surface area contributed by atoms with Crippen LogP contribution in [-0.4, -0.2) is 26.7 Å². The van der Waals surface area contributed by atoms with Crippen molar-refractivity contribution in [2.24, 2.45) is 0 Å². The molecule has 3 rings (SSSR count). The number of hydrogen-bond acceptors (Lipinski definition) is 4. The minimum atomic E-state index is -0.0399. The summed E-state index contributed by atoms with van der Waals surface area (Å²) in [5.41, 5.74) is 1.85. The van der Waals surface area contributed by atoms with E-state index in [2.05, 4.69) is 15.4 Å². The minimum absolute atomic E-state index is 0.0399. The standard InChI is InChI=1S/C20H22N4OS/c1-16(10-14-24-13-4-12-22-24)23-20(25)18-8-6-17(7-9-18)15-26-19-5-2-3-11-21-19/h2-9,11-13,16H,10,14-15H2,1H3,(H,23,25)/t16-/m0/s1. The molecule has 0 spiro atoms. The molecule has 0 unspecified atom stereocenters. The van der Waals surface area contributed by atoms with Gasteiger partial charge >= 0.3 is 0 Å². The van der Waals surface area contributed by atoms with Crippen molar-refractivity contribution in [2.75, 3.05) is 0 Å². The number of aryl methyl sites for hydroxylation is 1. The van der Waals surface area contributed by atoms with E-state index in [0.717, 1.165) is 23.7 Å². The van der Waals surface area contributed by atoms with Gasteiger partial charge in [0.25, 0.3) is 5.91 Å². The van der Waals surface area contributed by atoms with Crippen LogP contribution in [0.15, 0.2) is 72.1 Å². The number of nitrogens with zero attached hydrogens (tertiary/aromatic N) is 3. The maximum absolute atomic E-state index is 12.4. The molecular weight excluding hydrogens is 344 g/mol. The maximum atomic E-state index is 12.4. The van der Waals surface area contributed by atoms with Gasteiger partial charge in [-0.1, -0.05) is 18.2 Å². The molecule has 1 aromatic carbocycles. The first-order valence-corrected chi connectivity index (χ1v) is 9.60. The first-order chi connectivity index (χ1) is 12.7. The SMILES string of the molecule is C[C@@H](CCn1cccn1)NC(=O)c1ccc(CSc2ccccn2)cc1. The van der Waals surface area contributed by atoms with Gasteiger partial charge in [-0.15, -0.1) is 11.8 Å². The molecule has 1 N–H and O–H groups in total. The fraction of sp³-hybridized carbons (Fsp3) is 0.250. The van der Waals surface area contributed by atoms with Crippen molar-refractivity contribution in [1.29, 1.82) is 0 Å². The van der Waals surface area contributed by atoms with E-state index in [1.807, 2.05) is 66.3 Å². The van der Waals surface area contributed by atoms with Gasteiger partial charge in [0.1, 0.15) is 0 Å². The normalized spacial score (nSPS) is 11.9. The molecule has 0 radical (unpaired) electrons. The van der Waals surface area contributed by atoms with E-state index in [9.17, 15) is 4.79 Å². The lowest BCUT2D eigenvalue weighted by molar-refractivity contribution is 0.0937. The van der Waals surface area contributed by atoms with E-state index >= 15 is 0 Å². The fourth-order valence-corrected chi connectivity index (χ4v) is 3.30. The summed E-state index contributed by atoms with van der Waals surface area (Å²) >= 11 is 1.68. The summed E-state index contributed by atoms with van der Waals surface area (Å²) in [7, 11) is 0. The minimum Gasteiger partial charge on any atom is -0.350 e. The summed E-state index contributed by atoms with van der Waals surface area (Å²) in [6.07, 6.45) is 6.32. The monoisotopic (exact) mass is 366 g/mol. The van der Waals surface area contributed by atoms with Crippen LogP contribution in [-0.2, 0) is 12.3 Å². The number of aromatic nitrogens is 3. The Morgan fingerprint density at radius 3 is 2.69 bits per heavy atom. The van der Waals surface area contributed by atoms with Crippen LogP contribution >= 0.6 is 11.8 Å². The summed E-state index contributed by atoms with van der Waals surface area (Å²) in [6.45, 7) is 2.80. The molecule has 0 saturated heterocycles. The molecule has 1 amide bonds. The Bertz CT molecular complexity index is 804. The molecule has 1 atom stereocenters. The highest BCUT2D eigenvalue weighted by atomic mass is 32.2. The van der Waals surface area contributed by atoms with Crippen molar-refractivity contribution < 1.29 is 4.79 Å². The molecule has 0 saturated carbocycles. The smallest absolute Gasteiger partial charge is 0.251 e. The summed E-state index contributed by atoms with van der Waals surface area (Å²) < 4.78 is 1.87. The largest absolute Gasteiger partial charge is 0.350 e. The molecule has 134 valence electrons. The van der Waals surface area contributed by atoms with Gasteiger partial charge in [-0.2, -0.15) is 5.10 Å². The number of pyridine rings is 1. The highest BCUT2D eigenvalue weighted by Crippen LogP contribution is 2.20. The van der Waals surface area contributed by atoms with Gasteiger partial charge in [0.05, 0.1) is 5.03 Å². The van der Waals surface area contributed by atoms with Crippen LogP contribution in [0.2, 0.25) is 0 Å². The van der Waals surface area contributed by atoms with Gasteiger partial charge in [-0.05, 0) is 49.2 Å². The van der Waals surface area contributed by atoms with Crippen molar-refractivity contribution in [1.82, 2.24) is 20.1 Å². The number of amides is 1. The van der Waals surface area contributed by atoms with Gasteiger partial charge in [0.2, 0.25) is 0 Å². The maximum Gasteiger partial charge on any atom is 0.251 e. The lowest BCUT2D eigenvalue weighted by atomic mass is 10.1. The van der Waals surface area contributed by atoms with Crippen LogP contribution in [0.25, 0.3) is 0 Å². The van der Waals surface area contributed by atoms with Crippen LogP contribution in [0.3, 0.4) is 0 Å². The van der Waals surface area contributed by atoms with Crippen molar-refractivity contribution in [3.05, 3.63) is 78.2 Å². The third-order valence-corrected chi connectivity index (χ3v) is 4.98. The summed E-state index contributed by atoms with van der Waals surface area (Å²) in [5, 5.41) is 8.21. The van der Waals surface area contributed by atoms with Crippen LogP contribution < -0.4 is 5.32 Å². The van der Waals surface area contributed by atoms with Gasteiger partial charge in [-0.25, -0.2) is 4.98 Å². The molecule has 2 heterocycles. The molecule has 0 aliphatic rings. The zero-order chi connectivity index (χ0) is 18.2. The summed E-state index contributed by atoms with van der Waals surface area (Å²) in [6, 6.07) is 15.6. The lowest BCUT2D eigenvalue weighted by Gasteiger charge is -2.14. The third-order valence-electron chi connectivity index (χ3n) is 3.97. The molecule has 0 fully saturated rings. The second-order valence-electron chi connectivity index (χ2n) is 6.09. The molecular formula is C20H22N4OS. The number of rotatable bonds is 8. The van der Waals surface area contributed by atoms with Crippen LogP contribution in [0, 0.1) is 0 Å². The first kappa shape index (κ1) is 18.2. The van der Waals surface area contributed by atoms with E-state index in [-0.39, 0.29) is 11.9 Å². The molecule has 0 aliphatic heterocycles. The summed E-state index contributed by atoms with van der Waals surface area (Å²) in [4.78, 5) is 16.7. The molecule has 6 heteroatoms. The van der Waals surface area contributed by atoms with E-state index in [0.29, 0.717) is 5.56 Å². The van der Waals surface area contributed by atoms with Crippen LogP contribution in [0.1, 0.15) is 29.3 Å². The Hall–Kier alpha value is -2.60. The number of benzene rings is 1. The average molecular weight is 366 g/mol. The zero-order valence-corrected chi connectivity index (χ0v) is 15.5. The van der Waals surface area contributed by atoms with Crippen molar-refractivity contribution >= 4 is 17.7 Å². The zero-order valence-electron chi connectivity index (χ0n) is 14.7. The van der Waals surface area contributed by atoms with Crippen molar-refractivity contribution in [3.63, 3.8) is 0 Å². The number of carbonyl (C=O) groups excluding carboxylic acids is 1. The number of hydrogen-bond donors (Lipinski definition) is 1. The lowest BCUT2D eigenvalue weighted by Crippen LogP contribution is -2.33. The molecule has 2 aromatic heterocycles. The fourth-order valence-electron chi connectivity index (χ4n) is 2.48. The molecule has 26 heavy (non-hydrogen) atoms. The van der Waals surface area contributed by atoms with Crippen LogP contribution in [0.4, 0.5) is 0 Å². The van der Waals surface area contributed by atoms with E-state index in [1.165, 1.54) is 5.56 Å². The first-order valence-electron chi connectivity index (χ1n) is 8.62. The van der Waals surface area contributed by atoms with Gasteiger partial charge in [0.15, 0.2) is 0 Å². The third kappa shape index (κ3) is 5.46. The van der Waals surface area contributed by atoms with E-state index in [1.54, 1.807) is 24.2 Å². The quantitative estimate of drug-likeness (QED) is 0.617. The van der Waals surface area contributed by atoms with Gasteiger partial charge in [-0.3, -0.25) is 9.48 Å². The Kier molecular flexibility index (Phi) is 6.44. The molecule has 0 bridgehead atoms. The van der Waals surface area contributed by atoms with Crippen LogP contribution in [0.5, 0.6) is 0 Å². The molecule has 0 aliphatic carbocycles. The Labute approximate surface area is 157 Å². The number of thioether (sulfide) groups is 1. The Morgan fingerprint density at radius 2 is 2.00 bits per heavy atom. The van der Waals surface area contributed by atoms with E-state index in [4.69, 9.17) is 0 Å². The highest BCUT2D eigenvalue weighted by molar-refractivity contribution is 7.98. The number of carbonyl (C=O) groups is 1.